The van der Waals surface area contributed by atoms with Gasteiger partial charge in [0.2, 0.25) is 5.91 Å². The van der Waals surface area contributed by atoms with Crippen molar-refractivity contribution in [3.8, 4) is 12.1 Å². The molecule has 1 aliphatic rings. The molecular weight excluding hydrogens is 304 g/mol. The molecule has 1 fully saturated rings. The van der Waals surface area contributed by atoms with E-state index < -0.39 is 0 Å². The molecule has 2 heterocycles. The van der Waals surface area contributed by atoms with Crippen molar-refractivity contribution < 1.29 is 4.79 Å². The molecule has 7 heteroatoms. The van der Waals surface area contributed by atoms with Crippen LogP contribution in [0.3, 0.4) is 0 Å². The van der Waals surface area contributed by atoms with Crippen LogP contribution in [0.25, 0.3) is 0 Å². The first-order valence-corrected chi connectivity index (χ1v) is 8.25. The van der Waals surface area contributed by atoms with E-state index in [0.29, 0.717) is 19.0 Å². The predicted octanol–water partition coefficient (Wildman–Crippen LogP) is 1.44. The first-order valence-electron chi connectivity index (χ1n) is 8.25. The minimum absolute atomic E-state index is 0.0311. The second-order valence-corrected chi connectivity index (χ2v) is 6.22. The molecule has 7 nitrogen and oxygen atoms in total. The number of amides is 1. The third-order valence-corrected chi connectivity index (χ3v) is 4.75. The van der Waals surface area contributed by atoms with Gasteiger partial charge in [-0.05, 0) is 33.2 Å². The van der Waals surface area contributed by atoms with Crippen LogP contribution in [0.1, 0.15) is 42.3 Å². The largest absolute Gasteiger partial charge is 0.316 e. The average Bonchev–Trinajstić information content (AvgIpc) is 3.09. The molecule has 0 saturated carbocycles. The van der Waals surface area contributed by atoms with E-state index in [0.717, 1.165) is 25.1 Å². The summed E-state index contributed by atoms with van der Waals surface area (Å²) in [5.41, 5.74) is 3.49. The summed E-state index contributed by atoms with van der Waals surface area (Å²) < 4.78 is 1.91. The number of rotatable bonds is 6. The highest BCUT2D eigenvalue weighted by Crippen LogP contribution is 2.35. The Morgan fingerprint density at radius 3 is 2.54 bits per heavy atom. The van der Waals surface area contributed by atoms with Gasteiger partial charge < -0.3 is 4.90 Å². The van der Waals surface area contributed by atoms with Crippen LogP contribution in [-0.4, -0.2) is 51.7 Å². The molecule has 1 aromatic heterocycles. The Bertz CT molecular complexity index is 664. The number of aromatic nitrogens is 2. The molecule has 24 heavy (non-hydrogen) atoms. The van der Waals surface area contributed by atoms with Gasteiger partial charge in [-0.15, -0.1) is 0 Å². The van der Waals surface area contributed by atoms with Crippen LogP contribution < -0.4 is 0 Å². The van der Waals surface area contributed by atoms with Crippen LogP contribution in [0.5, 0.6) is 0 Å². The lowest BCUT2D eigenvalue weighted by molar-refractivity contribution is -0.130. The Morgan fingerprint density at radius 2 is 2.00 bits per heavy atom. The molecule has 1 aromatic rings. The zero-order chi connectivity index (χ0) is 17.7. The van der Waals surface area contributed by atoms with Crippen molar-refractivity contribution in [2.75, 3.05) is 26.2 Å². The lowest BCUT2D eigenvalue weighted by Crippen LogP contribution is -2.35. The quantitative estimate of drug-likeness (QED) is 0.737. The molecule has 0 aromatic carbocycles. The fraction of sp³-hybridized carbons (Fsp3) is 0.647. The average molecular weight is 328 g/mol. The molecule has 1 unspecified atom stereocenters. The Morgan fingerprint density at radius 1 is 1.33 bits per heavy atom. The van der Waals surface area contributed by atoms with Crippen LogP contribution in [-0.2, 0) is 11.8 Å². The molecular formula is C17H24N6O. The summed E-state index contributed by atoms with van der Waals surface area (Å²) in [6.45, 7) is 5.66. The highest BCUT2D eigenvalue weighted by Gasteiger charge is 2.30. The molecule has 0 aliphatic carbocycles. The maximum Gasteiger partial charge on any atom is 0.225 e. The summed E-state index contributed by atoms with van der Waals surface area (Å²) in [4.78, 5) is 15.9. The normalized spacial score (nSPS) is 17.5. The number of hydrogen-bond donors (Lipinski definition) is 0. The number of aryl methyl sites for hydroxylation is 2. The smallest absolute Gasteiger partial charge is 0.225 e. The van der Waals surface area contributed by atoms with Crippen LogP contribution >= 0.6 is 0 Å². The van der Waals surface area contributed by atoms with Gasteiger partial charge in [-0.3, -0.25) is 14.4 Å². The van der Waals surface area contributed by atoms with Gasteiger partial charge >= 0.3 is 0 Å². The van der Waals surface area contributed by atoms with Crippen molar-refractivity contribution in [1.82, 2.24) is 19.6 Å². The molecule has 1 atom stereocenters. The van der Waals surface area contributed by atoms with Gasteiger partial charge in [-0.1, -0.05) is 0 Å². The molecule has 1 aliphatic heterocycles. The van der Waals surface area contributed by atoms with E-state index in [9.17, 15) is 4.79 Å². The number of carbonyl (C=O) groups excluding carboxylic acids is 1. The van der Waals surface area contributed by atoms with Gasteiger partial charge in [0.1, 0.15) is 13.1 Å². The molecule has 1 amide bonds. The van der Waals surface area contributed by atoms with E-state index in [1.165, 1.54) is 16.2 Å². The van der Waals surface area contributed by atoms with Crippen molar-refractivity contribution in [2.24, 2.45) is 7.05 Å². The third-order valence-electron chi connectivity index (χ3n) is 4.75. The van der Waals surface area contributed by atoms with E-state index >= 15 is 0 Å². The van der Waals surface area contributed by atoms with Crippen molar-refractivity contribution in [3.63, 3.8) is 0 Å². The minimum Gasteiger partial charge on any atom is -0.316 e. The van der Waals surface area contributed by atoms with E-state index in [1.807, 2.05) is 30.8 Å². The Labute approximate surface area is 143 Å². The molecule has 2 rings (SSSR count). The predicted molar refractivity (Wildman–Crippen MR) is 88.7 cm³/mol. The molecule has 0 bridgehead atoms. The van der Waals surface area contributed by atoms with Gasteiger partial charge in [0.15, 0.2) is 0 Å². The van der Waals surface area contributed by atoms with Crippen LogP contribution in [0.2, 0.25) is 0 Å². The summed E-state index contributed by atoms with van der Waals surface area (Å²) >= 11 is 0. The van der Waals surface area contributed by atoms with E-state index in [2.05, 4.69) is 16.9 Å². The van der Waals surface area contributed by atoms with Gasteiger partial charge in [-0.25, -0.2) is 0 Å². The first-order chi connectivity index (χ1) is 11.5. The molecule has 0 spiro atoms. The highest BCUT2D eigenvalue weighted by atomic mass is 16.2. The van der Waals surface area contributed by atoms with Gasteiger partial charge in [0.25, 0.3) is 0 Å². The van der Waals surface area contributed by atoms with Crippen LogP contribution in [0, 0.1) is 36.5 Å². The van der Waals surface area contributed by atoms with E-state index in [1.54, 1.807) is 0 Å². The minimum atomic E-state index is -0.136. The van der Waals surface area contributed by atoms with Gasteiger partial charge in [0.05, 0.1) is 17.8 Å². The van der Waals surface area contributed by atoms with Crippen LogP contribution in [0.15, 0.2) is 0 Å². The first kappa shape index (κ1) is 18.0. The van der Waals surface area contributed by atoms with Crippen molar-refractivity contribution in [1.29, 1.82) is 10.5 Å². The topological polar surface area (TPSA) is 88.9 Å². The second-order valence-electron chi connectivity index (χ2n) is 6.22. The van der Waals surface area contributed by atoms with Gasteiger partial charge in [-0.2, -0.15) is 15.6 Å². The fourth-order valence-corrected chi connectivity index (χ4v) is 3.49. The van der Waals surface area contributed by atoms with E-state index in [4.69, 9.17) is 10.5 Å². The molecule has 0 radical (unpaired) electrons. The second kappa shape index (κ2) is 7.94. The lowest BCUT2D eigenvalue weighted by Gasteiger charge is -2.26. The zero-order valence-electron chi connectivity index (χ0n) is 14.6. The maximum absolute atomic E-state index is 12.2. The molecule has 1 saturated heterocycles. The SMILES string of the molecule is Cc1nn(C)c(C)c1C1CCCN1CCC(=O)N(CC#N)CC#N. The van der Waals surface area contributed by atoms with Crippen molar-refractivity contribution in [2.45, 2.75) is 39.2 Å². The number of carbonyl (C=O) groups is 1. The van der Waals surface area contributed by atoms with Crippen LogP contribution in [0.4, 0.5) is 0 Å². The summed E-state index contributed by atoms with van der Waals surface area (Å²) in [5, 5.41) is 22.1. The molecule has 0 N–H and O–H groups in total. The maximum atomic E-state index is 12.2. The fourth-order valence-electron chi connectivity index (χ4n) is 3.49. The number of nitriles is 2. The Kier molecular flexibility index (Phi) is 5.94. The van der Waals surface area contributed by atoms with E-state index in [-0.39, 0.29) is 19.0 Å². The number of likely N-dealkylation sites (tertiary alicyclic amines) is 1. The zero-order valence-corrected chi connectivity index (χ0v) is 14.6. The Balaban J connectivity index is 2.03. The Hall–Kier alpha value is -2.38. The number of nitrogens with zero attached hydrogens (tertiary/aromatic N) is 6. The third kappa shape index (κ3) is 3.74. The highest BCUT2D eigenvalue weighted by molar-refractivity contribution is 5.76. The number of hydrogen-bond acceptors (Lipinski definition) is 5. The van der Waals surface area contributed by atoms with Crippen molar-refractivity contribution in [3.05, 3.63) is 17.0 Å². The molecule has 128 valence electrons. The van der Waals surface area contributed by atoms with Gasteiger partial charge in [0, 0.05) is 37.3 Å². The summed E-state index contributed by atoms with van der Waals surface area (Å²) in [7, 11) is 1.95. The van der Waals surface area contributed by atoms with Crippen molar-refractivity contribution >= 4 is 5.91 Å². The monoisotopic (exact) mass is 328 g/mol. The summed E-state index contributed by atoms with van der Waals surface area (Å²) in [6.07, 6.45) is 2.51. The standard InChI is InChI=1S/C17H24N6O/c1-13-17(14(2)21(3)20-13)15-5-4-9-22(15)10-6-16(24)23(11-7-18)12-8-19/h15H,4-6,9-12H2,1-3H3. The lowest BCUT2D eigenvalue weighted by atomic mass is 10.0. The summed E-state index contributed by atoms with van der Waals surface area (Å²) in [5.74, 6) is -0.136. The summed E-state index contributed by atoms with van der Waals surface area (Å²) in [6, 6.07) is 4.18.